The lowest BCUT2D eigenvalue weighted by atomic mass is 10.0. The van der Waals surface area contributed by atoms with E-state index in [-0.39, 0.29) is 39.6 Å². The fourth-order valence-corrected chi connectivity index (χ4v) is 7.29. The number of hydrogen-bond acceptors (Lipinski definition) is 8. The van der Waals surface area contributed by atoms with Crippen LogP contribution in [0.1, 0.15) is 24.3 Å². The zero-order valence-electron chi connectivity index (χ0n) is 31.5. The van der Waals surface area contributed by atoms with Crippen LogP contribution >= 0.6 is 11.6 Å². The largest absolute Gasteiger partial charge is 0.416 e. The average molecular weight is 849 g/mol. The molecule has 9 aromatic rings. The molecular weight excluding hydrogens is 822 g/mol. The standard InChI is InChI=1S/C21H13ClF3N5O.C20H13FN6O3/c1-29-19-15(10-26-29)18-16(20(31)30(28-18)14-7-5-13(22)6-8-14)17(27-19)11-3-2-4-12(9-11)21(23,24)25;1-11-22-10-16-19-17(20(28)26(24-19)14-6-3-5-13(21)9-14)18(23-25(11)16)12-4-2-7-15(8-12)27(29)30/h2-10,28H,1H3;2-11H,1H3/p+1. The second-order valence-electron chi connectivity index (χ2n) is 13.9. The fourth-order valence-electron chi connectivity index (χ4n) is 7.16. The number of pyridine rings is 1. The van der Waals surface area contributed by atoms with E-state index in [1.807, 2.05) is 6.92 Å². The van der Waals surface area contributed by atoms with Crippen LogP contribution in [0.5, 0.6) is 0 Å². The Balaban J connectivity index is 0.000000156. The highest BCUT2D eigenvalue weighted by Gasteiger charge is 2.34. The number of aromatic nitrogens is 9. The number of nitro benzene ring substituents is 1. The molecule has 10 rings (SSSR count). The van der Waals surface area contributed by atoms with Gasteiger partial charge in [0, 0.05) is 47.4 Å². The van der Waals surface area contributed by atoms with E-state index in [2.05, 4.69) is 30.4 Å². The fraction of sp³-hybridized carbons (Fsp3) is 0.0976. The number of non-ortho nitro benzene ring substituents is 1. The van der Waals surface area contributed by atoms with Gasteiger partial charge >= 0.3 is 6.18 Å². The first-order valence-electron chi connectivity index (χ1n) is 18.2. The minimum absolute atomic E-state index is 0.113. The summed E-state index contributed by atoms with van der Waals surface area (Å²) in [5, 5.41) is 27.6. The number of rotatable bonds is 5. The minimum atomic E-state index is -4.52. The summed E-state index contributed by atoms with van der Waals surface area (Å²) in [5.74, 6) is -0.482. The van der Waals surface area contributed by atoms with Gasteiger partial charge in [0.15, 0.2) is 11.3 Å². The van der Waals surface area contributed by atoms with Gasteiger partial charge in [0.2, 0.25) is 0 Å². The zero-order valence-corrected chi connectivity index (χ0v) is 32.3. The monoisotopic (exact) mass is 848 g/mol. The van der Waals surface area contributed by atoms with Crippen LogP contribution in [0.3, 0.4) is 0 Å². The molecule has 0 radical (unpaired) electrons. The minimum Gasteiger partial charge on any atom is -0.289 e. The van der Waals surface area contributed by atoms with Gasteiger partial charge in [-0.25, -0.2) is 23.7 Å². The smallest absolute Gasteiger partial charge is 0.289 e. The number of aryl methyl sites for hydroxylation is 1. The molecule has 0 saturated carbocycles. The van der Waals surface area contributed by atoms with Gasteiger partial charge in [-0.2, -0.15) is 18.3 Å². The molecule has 0 bridgehead atoms. The van der Waals surface area contributed by atoms with Crippen LogP contribution < -0.4 is 15.8 Å². The van der Waals surface area contributed by atoms with Gasteiger partial charge in [0.1, 0.15) is 22.9 Å². The number of halogens is 5. The van der Waals surface area contributed by atoms with Gasteiger partial charge in [-0.05, 0) is 54.6 Å². The summed E-state index contributed by atoms with van der Waals surface area (Å²) < 4.78 is 59.3. The highest BCUT2D eigenvalue weighted by Crippen LogP contribution is 2.35. The van der Waals surface area contributed by atoms with Gasteiger partial charge in [0.05, 0.1) is 50.0 Å². The summed E-state index contributed by atoms with van der Waals surface area (Å²) in [4.78, 5) is 46.2. The third-order valence-electron chi connectivity index (χ3n) is 10.1. The first-order chi connectivity index (χ1) is 29.2. The Kier molecular flexibility index (Phi) is 9.19. The predicted molar refractivity (Wildman–Crippen MR) is 218 cm³/mol. The van der Waals surface area contributed by atoms with Crippen LogP contribution in [-0.2, 0) is 13.2 Å². The first kappa shape index (κ1) is 38.7. The molecule has 6 heterocycles. The maximum absolute atomic E-state index is 13.7. The molecule has 61 heavy (non-hydrogen) atoms. The molecule has 4 aromatic carbocycles. The Labute approximate surface area is 343 Å². The van der Waals surface area contributed by atoms with E-state index in [1.165, 1.54) is 62.6 Å². The summed E-state index contributed by atoms with van der Waals surface area (Å²) in [5.41, 5.74) is 2.00. The van der Waals surface area contributed by atoms with Crippen molar-refractivity contribution in [3.63, 3.8) is 0 Å². The lowest BCUT2D eigenvalue weighted by molar-refractivity contribution is -0.767. The van der Waals surface area contributed by atoms with Crippen LogP contribution in [0.25, 0.3) is 66.7 Å². The molecule has 5 aromatic heterocycles. The Morgan fingerprint density at radius 1 is 0.836 bits per heavy atom. The van der Waals surface area contributed by atoms with Gasteiger partial charge in [-0.3, -0.25) is 34.6 Å². The number of hydrogen-bond donors (Lipinski definition) is 2. The SMILES string of the molecule is CC1N=Cc2c3[nH]n(-c4cccc(F)c4)c(=O)c3c(-c3cccc([N+](=O)[O-])c3)n[n+]21.Cn1ncc2c3[nH]n(-c4ccc(Cl)cc4)c(=O)c3c(-c3cccc(C(F)(F)F)c3)nc21. The van der Waals surface area contributed by atoms with E-state index in [9.17, 15) is 37.3 Å². The number of nitrogens with zero attached hydrogens (tertiary/aromatic N) is 9. The number of benzene rings is 4. The van der Waals surface area contributed by atoms with Crippen molar-refractivity contribution in [2.75, 3.05) is 0 Å². The van der Waals surface area contributed by atoms with Gasteiger partial charge in [-0.15, -0.1) is 0 Å². The highest BCUT2D eigenvalue weighted by atomic mass is 35.5. The number of nitrogens with one attached hydrogen (secondary N) is 2. The summed E-state index contributed by atoms with van der Waals surface area (Å²) >= 11 is 5.94. The molecule has 1 atom stereocenters. The number of fused-ring (bicyclic) bond motifs is 6. The highest BCUT2D eigenvalue weighted by molar-refractivity contribution is 6.30. The maximum atomic E-state index is 13.7. The van der Waals surface area contributed by atoms with E-state index >= 15 is 0 Å². The van der Waals surface area contributed by atoms with Crippen LogP contribution in [0.2, 0.25) is 5.02 Å². The molecule has 1 aliphatic rings. The molecule has 0 saturated heterocycles. The number of aromatic amines is 2. The van der Waals surface area contributed by atoms with E-state index in [4.69, 9.17) is 11.6 Å². The van der Waals surface area contributed by atoms with Gasteiger partial charge in [0.25, 0.3) is 28.7 Å². The van der Waals surface area contributed by atoms with E-state index in [0.717, 1.165) is 12.1 Å². The molecule has 15 nitrogen and oxygen atoms in total. The quantitative estimate of drug-likeness (QED) is 0.0775. The Morgan fingerprint density at radius 2 is 1.49 bits per heavy atom. The van der Waals surface area contributed by atoms with Gasteiger partial charge < -0.3 is 0 Å². The zero-order chi connectivity index (χ0) is 42.9. The Bertz CT molecular complexity index is 3400. The molecule has 0 aliphatic carbocycles. The van der Waals surface area contributed by atoms with Crippen molar-refractivity contribution in [1.29, 1.82) is 0 Å². The number of aliphatic imine (C=N–C) groups is 1. The summed E-state index contributed by atoms with van der Waals surface area (Å²) in [6, 6.07) is 22.9. The normalized spacial score (nSPS) is 13.5. The molecule has 304 valence electrons. The number of alkyl halides is 3. The third-order valence-corrected chi connectivity index (χ3v) is 10.3. The second-order valence-corrected chi connectivity index (χ2v) is 14.3. The van der Waals surface area contributed by atoms with Crippen molar-refractivity contribution in [2.24, 2.45) is 12.0 Å². The summed E-state index contributed by atoms with van der Waals surface area (Å²) in [6.07, 6.45) is -1.65. The van der Waals surface area contributed by atoms with Crippen molar-refractivity contribution in [3.05, 3.63) is 156 Å². The molecule has 0 spiro atoms. The van der Waals surface area contributed by atoms with Crippen LogP contribution in [0, 0.1) is 15.9 Å². The summed E-state index contributed by atoms with van der Waals surface area (Å²) in [7, 11) is 1.67. The van der Waals surface area contributed by atoms with E-state index < -0.39 is 33.6 Å². The molecule has 0 fully saturated rings. The second kappa shape index (κ2) is 14.5. The lowest BCUT2D eigenvalue weighted by Crippen LogP contribution is -2.42. The average Bonchev–Trinajstić information content (AvgIpc) is 4.01. The lowest BCUT2D eigenvalue weighted by Gasteiger charge is -2.09. The van der Waals surface area contributed by atoms with E-state index in [1.54, 1.807) is 60.5 Å². The topological polar surface area (TPSA) is 179 Å². The molecule has 0 amide bonds. The van der Waals surface area contributed by atoms with Crippen molar-refractivity contribution in [2.45, 2.75) is 19.3 Å². The predicted octanol–water partition coefficient (Wildman–Crippen LogP) is 7.61. The Morgan fingerprint density at radius 3 is 2.20 bits per heavy atom. The van der Waals surface area contributed by atoms with Crippen molar-refractivity contribution in [3.8, 4) is 33.9 Å². The molecular formula is C41H27ClF4N11O4+. The van der Waals surface area contributed by atoms with Gasteiger partial charge in [-0.1, -0.05) is 46.6 Å². The molecule has 2 N–H and O–H groups in total. The van der Waals surface area contributed by atoms with Crippen molar-refractivity contribution < 1.29 is 27.2 Å². The molecule has 1 aliphatic heterocycles. The van der Waals surface area contributed by atoms with Crippen LogP contribution in [-0.4, -0.2) is 50.6 Å². The number of nitro groups is 1. The summed E-state index contributed by atoms with van der Waals surface area (Å²) in [6.45, 7) is 1.84. The van der Waals surface area contributed by atoms with Crippen LogP contribution in [0.4, 0.5) is 23.2 Å². The van der Waals surface area contributed by atoms with Crippen molar-refractivity contribution in [1.82, 2.24) is 39.4 Å². The number of H-pyrrole nitrogens is 2. The van der Waals surface area contributed by atoms with Crippen molar-refractivity contribution >= 4 is 56.3 Å². The molecule has 20 heteroatoms. The Hall–Kier alpha value is -7.80. The maximum Gasteiger partial charge on any atom is 0.416 e. The first-order valence-corrected chi connectivity index (χ1v) is 18.6. The van der Waals surface area contributed by atoms with Crippen LogP contribution in [0.15, 0.2) is 118 Å². The third kappa shape index (κ3) is 6.69. The molecule has 1 unspecified atom stereocenters. The van der Waals surface area contributed by atoms with E-state index in [0.29, 0.717) is 49.7 Å².